The van der Waals surface area contributed by atoms with Crippen LogP contribution in [0, 0.1) is 0 Å². The molecule has 1 N–H and O–H groups in total. The lowest BCUT2D eigenvalue weighted by Crippen LogP contribution is -1.99. The number of imidazole rings is 1. The topological polar surface area (TPSA) is 68.0 Å². The van der Waals surface area contributed by atoms with Crippen LogP contribution in [0.1, 0.15) is 10.5 Å². The van der Waals surface area contributed by atoms with Crippen molar-refractivity contribution in [1.82, 2.24) is 14.5 Å². The normalized spacial score (nSPS) is 10.3. The number of hydrogen-bond donors (Lipinski definition) is 1. The van der Waals surface area contributed by atoms with Gasteiger partial charge in [0.1, 0.15) is 5.69 Å². The molecule has 0 saturated heterocycles. The second-order valence-corrected chi connectivity index (χ2v) is 4.15. The van der Waals surface area contributed by atoms with Gasteiger partial charge in [0.2, 0.25) is 0 Å². The highest BCUT2D eigenvalue weighted by atomic mass is 32.2. The van der Waals surface area contributed by atoms with Crippen molar-refractivity contribution >= 4 is 17.7 Å². The van der Waals surface area contributed by atoms with Gasteiger partial charge in [-0.25, -0.2) is 14.8 Å². The summed E-state index contributed by atoms with van der Waals surface area (Å²) in [4.78, 5) is 19.4. The Morgan fingerprint density at radius 3 is 2.75 bits per heavy atom. The number of carbonyl (C=O) groups is 1. The summed E-state index contributed by atoms with van der Waals surface area (Å²) >= 11 is 1.44. The van der Waals surface area contributed by atoms with Crippen LogP contribution < -0.4 is 0 Å². The molecule has 0 atom stereocenters. The third-order valence-corrected chi connectivity index (χ3v) is 2.99. The van der Waals surface area contributed by atoms with E-state index in [-0.39, 0.29) is 5.69 Å². The summed E-state index contributed by atoms with van der Waals surface area (Å²) in [7, 11) is 1.90. The van der Waals surface area contributed by atoms with E-state index in [0.29, 0.717) is 0 Å². The average Bonchev–Trinajstić information content (AvgIpc) is 2.65. The van der Waals surface area contributed by atoms with Crippen LogP contribution in [0.4, 0.5) is 0 Å². The monoisotopic (exact) mass is 235 g/mol. The molecule has 2 aromatic rings. The van der Waals surface area contributed by atoms with Gasteiger partial charge in [0.05, 0.1) is 0 Å². The molecular formula is C10H9N3O2S. The summed E-state index contributed by atoms with van der Waals surface area (Å²) in [6, 6.07) is 3.20. The van der Waals surface area contributed by atoms with E-state index >= 15 is 0 Å². The summed E-state index contributed by atoms with van der Waals surface area (Å²) in [6.07, 6.45) is 5.09. The fourth-order valence-corrected chi connectivity index (χ4v) is 1.89. The average molecular weight is 235 g/mol. The lowest BCUT2D eigenvalue weighted by atomic mass is 10.4. The van der Waals surface area contributed by atoms with Crippen LogP contribution in [-0.2, 0) is 7.05 Å². The molecule has 16 heavy (non-hydrogen) atoms. The second-order valence-electron chi connectivity index (χ2n) is 3.11. The summed E-state index contributed by atoms with van der Waals surface area (Å²) in [5.41, 5.74) is 0.0455. The van der Waals surface area contributed by atoms with Crippen LogP contribution in [0.15, 0.2) is 40.8 Å². The fourth-order valence-electron chi connectivity index (χ4n) is 1.12. The minimum atomic E-state index is -1.02. The highest BCUT2D eigenvalue weighted by molar-refractivity contribution is 7.99. The molecule has 0 aliphatic carbocycles. The highest BCUT2D eigenvalue weighted by Crippen LogP contribution is 2.24. The molecule has 0 saturated carbocycles. The molecular weight excluding hydrogens is 226 g/mol. The Hall–Kier alpha value is -1.82. The fraction of sp³-hybridized carbons (Fsp3) is 0.100. The van der Waals surface area contributed by atoms with Crippen LogP contribution >= 0.6 is 11.8 Å². The Labute approximate surface area is 96.2 Å². The van der Waals surface area contributed by atoms with Crippen LogP contribution in [-0.4, -0.2) is 25.6 Å². The number of aromatic nitrogens is 3. The predicted octanol–water partition coefficient (Wildman–Crippen LogP) is 1.66. The van der Waals surface area contributed by atoms with E-state index in [9.17, 15) is 4.79 Å². The maximum Gasteiger partial charge on any atom is 0.354 e. The van der Waals surface area contributed by atoms with Crippen LogP contribution in [0.2, 0.25) is 0 Å². The van der Waals surface area contributed by atoms with Gasteiger partial charge in [-0.1, -0.05) is 11.8 Å². The first kappa shape index (κ1) is 10.7. The van der Waals surface area contributed by atoms with Gasteiger partial charge >= 0.3 is 5.97 Å². The molecule has 6 heteroatoms. The zero-order valence-corrected chi connectivity index (χ0v) is 9.31. The van der Waals surface area contributed by atoms with Crippen LogP contribution in [0.5, 0.6) is 0 Å². The number of aryl methyl sites for hydroxylation is 1. The predicted molar refractivity (Wildman–Crippen MR) is 58.5 cm³/mol. The van der Waals surface area contributed by atoms with Gasteiger partial charge in [-0.05, 0) is 12.1 Å². The lowest BCUT2D eigenvalue weighted by molar-refractivity contribution is 0.0690. The molecule has 0 spiro atoms. The Morgan fingerprint density at radius 1 is 1.44 bits per heavy atom. The molecule has 0 aliphatic rings. The van der Waals surface area contributed by atoms with Gasteiger partial charge in [-0.2, -0.15) is 0 Å². The van der Waals surface area contributed by atoms with Crippen LogP contribution in [0.3, 0.4) is 0 Å². The number of nitrogens with zero attached hydrogens (tertiary/aromatic N) is 3. The van der Waals surface area contributed by atoms with Gasteiger partial charge in [-0.3, -0.25) is 0 Å². The van der Waals surface area contributed by atoms with Crippen molar-refractivity contribution in [2.24, 2.45) is 7.05 Å². The van der Waals surface area contributed by atoms with Gasteiger partial charge in [-0.15, -0.1) is 0 Å². The van der Waals surface area contributed by atoms with Gasteiger partial charge in [0.15, 0.2) is 5.16 Å². The molecule has 0 aliphatic heterocycles. The Balaban J connectivity index is 2.17. The first-order valence-corrected chi connectivity index (χ1v) is 5.33. The van der Waals surface area contributed by atoms with Crippen molar-refractivity contribution in [3.05, 3.63) is 36.4 Å². The number of carboxylic acids is 1. The summed E-state index contributed by atoms with van der Waals surface area (Å²) in [6.45, 7) is 0. The number of carboxylic acid groups (broad SMARTS) is 1. The van der Waals surface area contributed by atoms with Crippen molar-refractivity contribution in [3.63, 3.8) is 0 Å². The summed E-state index contributed by atoms with van der Waals surface area (Å²) in [5, 5.41) is 9.53. The molecule has 0 amide bonds. The van der Waals surface area contributed by atoms with Crippen LogP contribution in [0.25, 0.3) is 0 Å². The van der Waals surface area contributed by atoms with E-state index in [1.54, 1.807) is 12.3 Å². The zero-order valence-electron chi connectivity index (χ0n) is 8.49. The first-order valence-electron chi connectivity index (χ1n) is 4.51. The van der Waals surface area contributed by atoms with E-state index in [1.165, 1.54) is 24.0 Å². The Kier molecular flexibility index (Phi) is 2.91. The molecule has 0 aromatic carbocycles. The largest absolute Gasteiger partial charge is 0.477 e. The molecule has 0 fully saturated rings. The maximum absolute atomic E-state index is 10.6. The van der Waals surface area contributed by atoms with Gasteiger partial charge < -0.3 is 9.67 Å². The van der Waals surface area contributed by atoms with E-state index in [0.717, 1.165) is 10.1 Å². The molecule has 82 valence electrons. The molecule has 0 radical (unpaired) electrons. The highest BCUT2D eigenvalue weighted by Gasteiger charge is 2.06. The molecule has 0 unspecified atom stereocenters. The smallest absolute Gasteiger partial charge is 0.354 e. The molecule has 0 bridgehead atoms. The lowest BCUT2D eigenvalue weighted by Gasteiger charge is -2.01. The minimum Gasteiger partial charge on any atom is -0.477 e. The standard InChI is InChI=1S/C10H9N3O2S/c1-13-5-4-11-10(13)16-7-2-3-8(9(14)15)12-6-7/h2-6H,1H3,(H,14,15). The number of pyridine rings is 1. The zero-order chi connectivity index (χ0) is 11.5. The first-order chi connectivity index (χ1) is 7.66. The van der Waals surface area contributed by atoms with E-state index in [4.69, 9.17) is 5.11 Å². The SMILES string of the molecule is Cn1ccnc1Sc1ccc(C(=O)O)nc1. The summed E-state index contributed by atoms with van der Waals surface area (Å²) < 4.78 is 1.88. The van der Waals surface area contributed by atoms with Gasteiger partial charge in [0.25, 0.3) is 0 Å². The Morgan fingerprint density at radius 2 is 2.25 bits per heavy atom. The Bertz CT molecular complexity index is 507. The van der Waals surface area contributed by atoms with Gasteiger partial charge in [0, 0.05) is 30.5 Å². The second kappa shape index (κ2) is 4.36. The minimum absolute atomic E-state index is 0.0455. The quantitative estimate of drug-likeness (QED) is 0.876. The molecule has 5 nitrogen and oxygen atoms in total. The van der Waals surface area contributed by atoms with E-state index in [1.807, 2.05) is 17.8 Å². The third-order valence-electron chi connectivity index (χ3n) is 1.94. The van der Waals surface area contributed by atoms with Crippen molar-refractivity contribution in [1.29, 1.82) is 0 Å². The van der Waals surface area contributed by atoms with E-state index in [2.05, 4.69) is 9.97 Å². The van der Waals surface area contributed by atoms with E-state index < -0.39 is 5.97 Å². The number of aromatic carboxylic acids is 1. The number of hydrogen-bond acceptors (Lipinski definition) is 4. The maximum atomic E-state index is 10.6. The molecule has 2 aromatic heterocycles. The summed E-state index contributed by atoms with van der Waals surface area (Å²) in [5.74, 6) is -1.02. The number of rotatable bonds is 3. The molecule has 2 rings (SSSR count). The van der Waals surface area contributed by atoms with Crippen molar-refractivity contribution in [3.8, 4) is 0 Å². The molecule has 2 heterocycles. The van der Waals surface area contributed by atoms with Crippen molar-refractivity contribution in [2.75, 3.05) is 0 Å². The van der Waals surface area contributed by atoms with Crippen molar-refractivity contribution in [2.45, 2.75) is 10.1 Å². The van der Waals surface area contributed by atoms with Crippen molar-refractivity contribution < 1.29 is 9.90 Å². The third kappa shape index (κ3) is 2.22.